The molecule has 1 N–H and O–H groups in total. The summed E-state index contributed by atoms with van der Waals surface area (Å²) in [5.74, 6) is 0.616. The van der Waals surface area contributed by atoms with E-state index in [4.69, 9.17) is 4.74 Å². The third-order valence-corrected chi connectivity index (χ3v) is 1.97. The first-order valence-electron chi connectivity index (χ1n) is 4.81. The van der Waals surface area contributed by atoms with Crippen molar-refractivity contribution in [3.05, 3.63) is 18.0 Å². The summed E-state index contributed by atoms with van der Waals surface area (Å²) >= 11 is 0. The third-order valence-electron chi connectivity index (χ3n) is 1.97. The monoisotopic (exact) mass is 211 g/mol. The lowest BCUT2D eigenvalue weighted by Gasteiger charge is -2.20. The minimum atomic E-state index is -0.524. The standard InChI is InChI=1S/C10H17N3O2/c1-8-4-5-11-10(12-8)13(2)6-9(14)7-15-3/h4-5,9,14H,6-7H2,1-3H3. The molecule has 5 heteroatoms. The second-order valence-corrected chi connectivity index (χ2v) is 3.49. The average molecular weight is 211 g/mol. The SMILES string of the molecule is COCC(O)CN(C)c1nccc(C)n1. The molecular weight excluding hydrogens is 194 g/mol. The largest absolute Gasteiger partial charge is 0.389 e. The van der Waals surface area contributed by atoms with Gasteiger partial charge in [-0.05, 0) is 13.0 Å². The van der Waals surface area contributed by atoms with E-state index in [-0.39, 0.29) is 0 Å². The van der Waals surface area contributed by atoms with Crippen LogP contribution in [-0.4, -0.2) is 48.5 Å². The summed E-state index contributed by atoms with van der Waals surface area (Å²) in [6.07, 6.45) is 1.18. The number of aliphatic hydroxyl groups is 1. The van der Waals surface area contributed by atoms with Gasteiger partial charge in [-0.2, -0.15) is 0 Å². The van der Waals surface area contributed by atoms with Crippen molar-refractivity contribution in [2.75, 3.05) is 32.2 Å². The molecule has 0 amide bonds. The Balaban J connectivity index is 2.56. The topological polar surface area (TPSA) is 58.5 Å². The number of aryl methyl sites for hydroxylation is 1. The maximum atomic E-state index is 9.53. The quantitative estimate of drug-likeness (QED) is 0.755. The number of rotatable bonds is 5. The maximum Gasteiger partial charge on any atom is 0.225 e. The van der Waals surface area contributed by atoms with Gasteiger partial charge in [-0.3, -0.25) is 0 Å². The molecule has 0 aliphatic carbocycles. The highest BCUT2D eigenvalue weighted by molar-refractivity contribution is 5.28. The second kappa shape index (κ2) is 5.63. The predicted octanol–water partition coefficient (Wildman–Crippen LogP) is 0.229. The highest BCUT2D eigenvalue weighted by Crippen LogP contribution is 2.05. The molecule has 1 unspecified atom stereocenters. The van der Waals surface area contributed by atoms with Crippen molar-refractivity contribution in [3.63, 3.8) is 0 Å². The van der Waals surface area contributed by atoms with Gasteiger partial charge in [0.1, 0.15) is 0 Å². The van der Waals surface area contributed by atoms with Crippen molar-refractivity contribution in [2.24, 2.45) is 0 Å². The van der Waals surface area contributed by atoms with Crippen LogP contribution in [0.2, 0.25) is 0 Å². The molecule has 1 rings (SSSR count). The fourth-order valence-electron chi connectivity index (χ4n) is 1.26. The van der Waals surface area contributed by atoms with Gasteiger partial charge in [0, 0.05) is 32.6 Å². The van der Waals surface area contributed by atoms with Crippen LogP contribution in [0, 0.1) is 6.92 Å². The zero-order valence-electron chi connectivity index (χ0n) is 9.34. The molecule has 15 heavy (non-hydrogen) atoms. The minimum Gasteiger partial charge on any atom is -0.389 e. The first-order chi connectivity index (χ1) is 7.13. The van der Waals surface area contributed by atoms with Crippen molar-refractivity contribution in [1.29, 1.82) is 0 Å². The first-order valence-corrected chi connectivity index (χ1v) is 4.81. The Bertz CT molecular complexity index is 306. The van der Waals surface area contributed by atoms with Gasteiger partial charge in [-0.15, -0.1) is 0 Å². The molecule has 0 aromatic carbocycles. The second-order valence-electron chi connectivity index (χ2n) is 3.49. The van der Waals surface area contributed by atoms with Crippen molar-refractivity contribution < 1.29 is 9.84 Å². The van der Waals surface area contributed by atoms with Crippen LogP contribution in [-0.2, 0) is 4.74 Å². The summed E-state index contributed by atoms with van der Waals surface area (Å²) in [7, 11) is 3.40. The summed E-state index contributed by atoms with van der Waals surface area (Å²) in [6.45, 7) is 2.68. The summed E-state index contributed by atoms with van der Waals surface area (Å²) in [5, 5.41) is 9.53. The van der Waals surface area contributed by atoms with Gasteiger partial charge in [-0.25, -0.2) is 9.97 Å². The Morgan fingerprint density at radius 3 is 2.93 bits per heavy atom. The van der Waals surface area contributed by atoms with Crippen LogP contribution in [0.4, 0.5) is 5.95 Å². The molecule has 1 aromatic rings. The maximum absolute atomic E-state index is 9.53. The smallest absolute Gasteiger partial charge is 0.225 e. The summed E-state index contributed by atoms with van der Waals surface area (Å²) in [4.78, 5) is 10.2. The molecule has 0 saturated carbocycles. The lowest BCUT2D eigenvalue weighted by Crippen LogP contribution is -2.32. The number of aliphatic hydroxyl groups excluding tert-OH is 1. The van der Waals surface area contributed by atoms with Crippen LogP contribution in [0.15, 0.2) is 12.3 Å². The molecule has 5 nitrogen and oxygen atoms in total. The van der Waals surface area contributed by atoms with Gasteiger partial charge >= 0.3 is 0 Å². The molecule has 1 atom stereocenters. The van der Waals surface area contributed by atoms with Crippen molar-refractivity contribution in [3.8, 4) is 0 Å². The number of likely N-dealkylation sites (N-methyl/N-ethyl adjacent to an activating group) is 1. The Labute approximate surface area is 89.7 Å². The van der Waals surface area contributed by atoms with Gasteiger partial charge in [0.25, 0.3) is 0 Å². The van der Waals surface area contributed by atoms with Crippen LogP contribution >= 0.6 is 0 Å². The van der Waals surface area contributed by atoms with E-state index in [9.17, 15) is 5.11 Å². The van der Waals surface area contributed by atoms with E-state index < -0.39 is 6.10 Å². The Morgan fingerprint density at radius 2 is 2.33 bits per heavy atom. The summed E-state index contributed by atoms with van der Waals surface area (Å²) < 4.78 is 4.85. The molecule has 1 heterocycles. The predicted molar refractivity (Wildman–Crippen MR) is 57.9 cm³/mol. The Hall–Kier alpha value is -1.20. The van der Waals surface area contributed by atoms with E-state index in [0.717, 1.165) is 5.69 Å². The van der Waals surface area contributed by atoms with Gasteiger partial charge < -0.3 is 14.7 Å². The van der Waals surface area contributed by atoms with E-state index in [2.05, 4.69) is 9.97 Å². The van der Waals surface area contributed by atoms with Crippen molar-refractivity contribution in [2.45, 2.75) is 13.0 Å². The zero-order valence-corrected chi connectivity index (χ0v) is 9.34. The van der Waals surface area contributed by atoms with E-state index in [1.807, 2.05) is 20.0 Å². The lowest BCUT2D eigenvalue weighted by molar-refractivity contribution is 0.0693. The number of nitrogens with zero attached hydrogens (tertiary/aromatic N) is 3. The number of aromatic nitrogens is 2. The molecule has 0 spiro atoms. The molecule has 0 saturated heterocycles. The van der Waals surface area contributed by atoms with E-state index >= 15 is 0 Å². The first kappa shape index (κ1) is 11.9. The third kappa shape index (κ3) is 3.81. The molecule has 1 aromatic heterocycles. The number of anilines is 1. The summed E-state index contributed by atoms with van der Waals surface area (Å²) in [6, 6.07) is 1.84. The number of hydrogen-bond donors (Lipinski definition) is 1. The molecular formula is C10H17N3O2. The molecule has 0 aliphatic heterocycles. The number of hydrogen-bond acceptors (Lipinski definition) is 5. The highest BCUT2D eigenvalue weighted by atomic mass is 16.5. The zero-order chi connectivity index (χ0) is 11.3. The molecule has 0 radical (unpaired) electrons. The van der Waals surface area contributed by atoms with Gasteiger partial charge in [0.2, 0.25) is 5.95 Å². The molecule has 0 bridgehead atoms. The number of ether oxygens (including phenoxy) is 1. The fraction of sp³-hybridized carbons (Fsp3) is 0.600. The van der Waals surface area contributed by atoms with Crippen LogP contribution < -0.4 is 4.90 Å². The van der Waals surface area contributed by atoms with Crippen LogP contribution in [0.25, 0.3) is 0 Å². The summed E-state index contributed by atoms with van der Waals surface area (Å²) in [5.41, 5.74) is 0.910. The van der Waals surface area contributed by atoms with Gasteiger partial charge in [-0.1, -0.05) is 0 Å². The van der Waals surface area contributed by atoms with Crippen molar-refractivity contribution in [1.82, 2.24) is 9.97 Å². The lowest BCUT2D eigenvalue weighted by atomic mass is 10.3. The average Bonchev–Trinajstić information content (AvgIpc) is 2.18. The van der Waals surface area contributed by atoms with E-state index in [0.29, 0.717) is 19.1 Å². The molecule has 0 aliphatic rings. The normalized spacial score (nSPS) is 12.5. The van der Waals surface area contributed by atoms with Gasteiger partial charge in [0.15, 0.2) is 0 Å². The Kier molecular flexibility index (Phi) is 4.45. The Morgan fingerprint density at radius 1 is 1.60 bits per heavy atom. The van der Waals surface area contributed by atoms with Crippen LogP contribution in [0.5, 0.6) is 0 Å². The van der Waals surface area contributed by atoms with Crippen LogP contribution in [0.1, 0.15) is 5.69 Å². The number of methoxy groups -OCH3 is 1. The van der Waals surface area contributed by atoms with E-state index in [1.165, 1.54) is 0 Å². The van der Waals surface area contributed by atoms with E-state index in [1.54, 1.807) is 18.2 Å². The minimum absolute atomic E-state index is 0.316. The van der Waals surface area contributed by atoms with Gasteiger partial charge in [0.05, 0.1) is 12.7 Å². The molecule has 84 valence electrons. The van der Waals surface area contributed by atoms with Crippen molar-refractivity contribution >= 4 is 5.95 Å². The highest BCUT2D eigenvalue weighted by Gasteiger charge is 2.10. The fourth-order valence-corrected chi connectivity index (χ4v) is 1.26. The van der Waals surface area contributed by atoms with Crippen LogP contribution in [0.3, 0.4) is 0 Å². The molecule has 0 fully saturated rings.